The van der Waals surface area contributed by atoms with E-state index in [2.05, 4.69) is 11.4 Å². The topological polar surface area (TPSA) is 76.7 Å². The number of nitrogens with one attached hydrogen (secondary N) is 1. The van der Waals surface area contributed by atoms with Crippen LogP contribution >= 0.6 is 0 Å². The smallest absolute Gasteiger partial charge is 0.250 e. The molecule has 2 aromatic rings. The van der Waals surface area contributed by atoms with E-state index in [-0.39, 0.29) is 0 Å². The van der Waals surface area contributed by atoms with E-state index < -0.39 is 5.91 Å². The maximum absolute atomic E-state index is 12.3. The van der Waals surface area contributed by atoms with Crippen molar-refractivity contribution >= 4 is 11.6 Å². The molecule has 0 aromatic heterocycles. The number of para-hydroxylation sites is 1. The molecule has 5 heteroatoms. The number of hydrogen-bond acceptors (Lipinski definition) is 4. The number of carbonyl (C=O) groups is 1. The van der Waals surface area contributed by atoms with Crippen LogP contribution in [0.5, 0.6) is 11.5 Å². The van der Waals surface area contributed by atoms with Crippen LogP contribution in [0.1, 0.15) is 24.8 Å². The highest BCUT2D eigenvalue weighted by atomic mass is 16.5. The lowest BCUT2D eigenvalue weighted by atomic mass is 9.82. The van der Waals surface area contributed by atoms with Gasteiger partial charge in [0.05, 0.1) is 11.3 Å². The van der Waals surface area contributed by atoms with Crippen LogP contribution in [0, 0.1) is 11.8 Å². The Labute approximate surface area is 171 Å². The van der Waals surface area contributed by atoms with Crippen molar-refractivity contribution in [2.24, 2.45) is 22.6 Å². The molecule has 4 rings (SSSR count). The fourth-order valence-electron chi connectivity index (χ4n) is 4.15. The number of ether oxygens (including phenoxy) is 1. The van der Waals surface area contributed by atoms with Crippen LogP contribution in [0.25, 0.3) is 0 Å². The van der Waals surface area contributed by atoms with E-state index in [4.69, 9.17) is 15.5 Å². The Morgan fingerprint density at radius 3 is 2.48 bits per heavy atom. The van der Waals surface area contributed by atoms with Gasteiger partial charge in [0, 0.05) is 12.1 Å². The molecule has 5 nitrogen and oxygen atoms in total. The fourth-order valence-corrected chi connectivity index (χ4v) is 4.15. The zero-order valence-electron chi connectivity index (χ0n) is 16.5. The zero-order valence-corrected chi connectivity index (χ0v) is 16.5. The molecular weight excluding hydrogens is 362 g/mol. The number of hydrogen-bond donors (Lipinski definition) is 2. The van der Waals surface area contributed by atoms with Crippen molar-refractivity contribution < 1.29 is 9.53 Å². The van der Waals surface area contributed by atoms with Crippen molar-refractivity contribution in [2.45, 2.75) is 19.3 Å². The van der Waals surface area contributed by atoms with Crippen molar-refractivity contribution in [1.82, 2.24) is 5.32 Å². The molecule has 2 heterocycles. The summed E-state index contributed by atoms with van der Waals surface area (Å²) in [5.41, 5.74) is 7.87. The van der Waals surface area contributed by atoms with Gasteiger partial charge in [-0.2, -0.15) is 0 Å². The van der Waals surface area contributed by atoms with Crippen molar-refractivity contribution in [3.05, 3.63) is 71.8 Å². The molecule has 150 valence electrons. The lowest BCUT2D eigenvalue weighted by molar-refractivity contribution is -0.114. The first kappa shape index (κ1) is 19.4. The van der Waals surface area contributed by atoms with Gasteiger partial charge < -0.3 is 15.8 Å². The van der Waals surface area contributed by atoms with E-state index in [1.165, 1.54) is 12.8 Å². The standard InChI is InChI=1S/C24H27N3O2/c25-24(28)22-15-18(19-5-4-13-26-16-19)12-14-27-23(22)17-8-10-21(11-9-17)29-20-6-2-1-3-7-20/h1-3,6-11,15,18-19,26H,4-5,12-14,16H2,(H2,25,28). The zero-order chi connectivity index (χ0) is 20.1. The highest BCUT2D eigenvalue weighted by Gasteiger charge is 2.27. The number of primary amides is 1. The second kappa shape index (κ2) is 9.05. The summed E-state index contributed by atoms with van der Waals surface area (Å²) in [6, 6.07) is 17.3. The summed E-state index contributed by atoms with van der Waals surface area (Å²) in [4.78, 5) is 17.0. The normalized spacial score (nSPS) is 22.2. The minimum Gasteiger partial charge on any atom is -0.457 e. The second-order valence-corrected chi connectivity index (χ2v) is 7.67. The molecule has 3 N–H and O–H groups in total. The average molecular weight is 389 g/mol. The first-order valence-electron chi connectivity index (χ1n) is 10.3. The number of nitrogens with two attached hydrogens (primary N) is 1. The van der Waals surface area contributed by atoms with E-state index in [1.54, 1.807) is 0 Å². The average Bonchev–Trinajstić information content (AvgIpc) is 2.99. The van der Waals surface area contributed by atoms with Crippen LogP contribution in [-0.4, -0.2) is 31.3 Å². The van der Waals surface area contributed by atoms with Gasteiger partial charge in [-0.05, 0) is 80.6 Å². The van der Waals surface area contributed by atoms with Gasteiger partial charge in [-0.3, -0.25) is 9.79 Å². The number of amides is 1. The van der Waals surface area contributed by atoms with E-state index in [0.717, 1.165) is 36.6 Å². The molecule has 1 fully saturated rings. The predicted molar refractivity (Wildman–Crippen MR) is 115 cm³/mol. The Morgan fingerprint density at radius 2 is 1.79 bits per heavy atom. The van der Waals surface area contributed by atoms with Crippen LogP contribution in [0.4, 0.5) is 0 Å². The number of rotatable bonds is 5. The molecule has 2 aromatic carbocycles. The van der Waals surface area contributed by atoms with E-state index in [9.17, 15) is 4.79 Å². The van der Waals surface area contributed by atoms with Crippen LogP contribution < -0.4 is 15.8 Å². The Balaban J connectivity index is 1.55. The molecule has 1 amide bonds. The van der Waals surface area contributed by atoms with Gasteiger partial charge in [0.25, 0.3) is 5.91 Å². The van der Waals surface area contributed by atoms with Crippen molar-refractivity contribution in [3.8, 4) is 11.5 Å². The number of benzene rings is 2. The summed E-state index contributed by atoms with van der Waals surface area (Å²) in [6.07, 6.45) is 5.38. The van der Waals surface area contributed by atoms with Crippen molar-refractivity contribution in [3.63, 3.8) is 0 Å². The SMILES string of the molecule is NC(=O)C1=CC(C2CCCNC2)CCN=C1c1ccc(Oc2ccccc2)cc1. The molecule has 29 heavy (non-hydrogen) atoms. The Bertz CT molecular complexity index is 897. The molecule has 2 aliphatic heterocycles. The van der Waals surface area contributed by atoms with Crippen LogP contribution in [-0.2, 0) is 4.79 Å². The summed E-state index contributed by atoms with van der Waals surface area (Å²) >= 11 is 0. The molecule has 2 atom stereocenters. The minimum atomic E-state index is -0.413. The molecule has 0 bridgehead atoms. The summed E-state index contributed by atoms with van der Waals surface area (Å²) in [7, 11) is 0. The number of nitrogens with zero attached hydrogens (tertiary/aromatic N) is 1. The summed E-state index contributed by atoms with van der Waals surface area (Å²) in [5, 5.41) is 3.47. The number of carbonyl (C=O) groups excluding carboxylic acids is 1. The van der Waals surface area contributed by atoms with Gasteiger partial charge in [-0.1, -0.05) is 24.3 Å². The van der Waals surface area contributed by atoms with E-state index >= 15 is 0 Å². The Morgan fingerprint density at radius 1 is 1.03 bits per heavy atom. The third kappa shape index (κ3) is 4.74. The molecule has 2 aliphatic rings. The van der Waals surface area contributed by atoms with Gasteiger partial charge in [0.15, 0.2) is 0 Å². The summed E-state index contributed by atoms with van der Waals surface area (Å²) in [5.74, 6) is 1.98. The number of aliphatic imine (C=N–C) groups is 1. The van der Waals surface area contributed by atoms with Crippen LogP contribution in [0.2, 0.25) is 0 Å². The first-order valence-corrected chi connectivity index (χ1v) is 10.3. The molecule has 2 unspecified atom stereocenters. The maximum atomic E-state index is 12.3. The summed E-state index contributed by atoms with van der Waals surface area (Å²) in [6.45, 7) is 2.77. The number of piperidine rings is 1. The lowest BCUT2D eigenvalue weighted by Crippen LogP contribution is -2.34. The second-order valence-electron chi connectivity index (χ2n) is 7.67. The van der Waals surface area contributed by atoms with Crippen molar-refractivity contribution in [1.29, 1.82) is 0 Å². The minimum absolute atomic E-state index is 0.326. The number of allylic oxidation sites excluding steroid dienone is 1. The van der Waals surface area contributed by atoms with E-state index in [0.29, 0.717) is 29.7 Å². The van der Waals surface area contributed by atoms with Gasteiger partial charge in [-0.15, -0.1) is 0 Å². The highest BCUT2D eigenvalue weighted by Crippen LogP contribution is 2.29. The molecule has 0 spiro atoms. The third-order valence-electron chi connectivity index (χ3n) is 5.68. The largest absolute Gasteiger partial charge is 0.457 e. The molecule has 0 saturated carbocycles. The monoisotopic (exact) mass is 389 g/mol. The fraction of sp³-hybridized carbons (Fsp3) is 0.333. The van der Waals surface area contributed by atoms with Crippen LogP contribution in [0.15, 0.2) is 71.2 Å². The molecule has 0 aliphatic carbocycles. The molecular formula is C24H27N3O2. The van der Waals surface area contributed by atoms with Gasteiger partial charge >= 0.3 is 0 Å². The van der Waals surface area contributed by atoms with Crippen molar-refractivity contribution in [2.75, 3.05) is 19.6 Å². The van der Waals surface area contributed by atoms with Gasteiger partial charge in [0.1, 0.15) is 11.5 Å². The highest BCUT2D eigenvalue weighted by molar-refractivity contribution is 6.27. The quantitative estimate of drug-likeness (QED) is 0.819. The molecule has 0 radical (unpaired) electrons. The first-order chi connectivity index (χ1) is 14.2. The lowest BCUT2D eigenvalue weighted by Gasteiger charge is -2.28. The Kier molecular flexibility index (Phi) is 6.06. The van der Waals surface area contributed by atoms with Gasteiger partial charge in [-0.25, -0.2) is 0 Å². The van der Waals surface area contributed by atoms with E-state index in [1.807, 2.05) is 54.6 Å². The Hall–Kier alpha value is -2.92. The summed E-state index contributed by atoms with van der Waals surface area (Å²) < 4.78 is 5.86. The third-order valence-corrected chi connectivity index (χ3v) is 5.68. The predicted octanol–water partition coefficient (Wildman–Crippen LogP) is 3.70. The van der Waals surface area contributed by atoms with Gasteiger partial charge in [0.2, 0.25) is 0 Å². The van der Waals surface area contributed by atoms with Crippen LogP contribution in [0.3, 0.4) is 0 Å². The molecule has 1 saturated heterocycles. The maximum Gasteiger partial charge on any atom is 0.250 e.